The second kappa shape index (κ2) is 5.87. The van der Waals surface area contributed by atoms with Crippen LogP contribution in [0.5, 0.6) is 0 Å². The molecule has 19 heavy (non-hydrogen) atoms. The van der Waals surface area contributed by atoms with Gasteiger partial charge in [-0.05, 0) is 52.7 Å². The van der Waals surface area contributed by atoms with E-state index in [1.54, 1.807) is 6.21 Å². The van der Waals surface area contributed by atoms with Crippen molar-refractivity contribution in [3.05, 3.63) is 34.4 Å². The zero-order chi connectivity index (χ0) is 14.6. The molecule has 4 nitrogen and oxygen atoms in total. The summed E-state index contributed by atoms with van der Waals surface area (Å²) < 4.78 is 5.09. The highest BCUT2D eigenvalue weighted by Gasteiger charge is 2.15. The van der Waals surface area contributed by atoms with Crippen LogP contribution in [0.1, 0.15) is 43.0 Å². The summed E-state index contributed by atoms with van der Waals surface area (Å²) in [6, 6.07) is 4.17. The third-order valence-electron chi connectivity index (χ3n) is 2.49. The Hall–Kier alpha value is -1.84. The summed E-state index contributed by atoms with van der Waals surface area (Å²) in [5, 5.41) is 3.93. The van der Waals surface area contributed by atoms with Gasteiger partial charge in [0, 0.05) is 5.56 Å². The van der Waals surface area contributed by atoms with Gasteiger partial charge in [0.2, 0.25) is 0 Å². The zero-order valence-electron chi connectivity index (χ0n) is 12.5. The molecule has 1 rings (SSSR count). The number of benzene rings is 1. The lowest BCUT2D eigenvalue weighted by atomic mass is 10.0. The second-order valence-electron chi connectivity index (χ2n) is 5.68. The minimum atomic E-state index is -0.550. The Kier molecular flexibility index (Phi) is 4.70. The van der Waals surface area contributed by atoms with E-state index >= 15 is 0 Å². The Morgan fingerprint density at radius 3 is 2.21 bits per heavy atom. The van der Waals surface area contributed by atoms with Crippen LogP contribution >= 0.6 is 0 Å². The topological polar surface area (TPSA) is 50.7 Å². The summed E-state index contributed by atoms with van der Waals surface area (Å²) in [7, 11) is 0. The Morgan fingerprint density at radius 1 is 1.21 bits per heavy atom. The quantitative estimate of drug-likeness (QED) is 0.655. The highest BCUT2D eigenvalue weighted by molar-refractivity contribution is 5.84. The van der Waals surface area contributed by atoms with Gasteiger partial charge in [-0.2, -0.15) is 5.10 Å². The van der Waals surface area contributed by atoms with Crippen molar-refractivity contribution >= 4 is 12.3 Å². The maximum Gasteiger partial charge on any atom is 0.428 e. The van der Waals surface area contributed by atoms with Crippen LogP contribution in [-0.4, -0.2) is 17.9 Å². The highest BCUT2D eigenvalue weighted by Crippen LogP contribution is 2.14. The zero-order valence-corrected chi connectivity index (χ0v) is 12.5. The van der Waals surface area contributed by atoms with Crippen molar-refractivity contribution in [1.29, 1.82) is 0 Å². The van der Waals surface area contributed by atoms with Gasteiger partial charge in [-0.25, -0.2) is 10.2 Å². The third-order valence-corrected chi connectivity index (χ3v) is 2.49. The van der Waals surface area contributed by atoms with Gasteiger partial charge in [0.1, 0.15) is 5.60 Å². The Morgan fingerprint density at radius 2 is 1.74 bits per heavy atom. The number of ether oxygens (including phenoxy) is 1. The number of hydrogen-bond acceptors (Lipinski definition) is 3. The summed E-state index contributed by atoms with van der Waals surface area (Å²) in [5.74, 6) is 0. The number of aryl methyl sites for hydroxylation is 3. The lowest BCUT2D eigenvalue weighted by molar-refractivity contribution is 0.0529. The van der Waals surface area contributed by atoms with Crippen molar-refractivity contribution in [3.8, 4) is 0 Å². The van der Waals surface area contributed by atoms with E-state index in [-0.39, 0.29) is 0 Å². The molecule has 0 aromatic heterocycles. The summed E-state index contributed by atoms with van der Waals surface area (Å²) in [4.78, 5) is 11.4. The van der Waals surface area contributed by atoms with Crippen molar-refractivity contribution in [2.24, 2.45) is 5.10 Å². The van der Waals surface area contributed by atoms with Gasteiger partial charge >= 0.3 is 6.09 Å². The minimum Gasteiger partial charge on any atom is -0.443 e. The average molecular weight is 262 g/mol. The number of hydrogen-bond donors (Lipinski definition) is 1. The maximum atomic E-state index is 11.4. The van der Waals surface area contributed by atoms with Crippen molar-refractivity contribution < 1.29 is 9.53 Å². The van der Waals surface area contributed by atoms with E-state index in [1.165, 1.54) is 5.56 Å². The number of carbonyl (C=O) groups excluding carboxylic acids is 1. The molecule has 1 aromatic rings. The summed E-state index contributed by atoms with van der Waals surface area (Å²) >= 11 is 0. The normalized spacial score (nSPS) is 11.7. The average Bonchev–Trinajstić information content (AvgIpc) is 2.19. The van der Waals surface area contributed by atoms with E-state index in [4.69, 9.17) is 4.74 Å². The fourth-order valence-corrected chi connectivity index (χ4v) is 1.85. The molecule has 1 N–H and O–H groups in total. The Balaban J connectivity index is 2.71. The molecule has 0 spiro atoms. The van der Waals surface area contributed by atoms with E-state index in [1.807, 2.05) is 34.6 Å². The van der Waals surface area contributed by atoms with Gasteiger partial charge < -0.3 is 4.74 Å². The van der Waals surface area contributed by atoms with Crippen LogP contribution in [0.4, 0.5) is 4.79 Å². The first-order valence-electron chi connectivity index (χ1n) is 6.29. The standard InChI is InChI=1S/C15H22N2O2/c1-10-7-11(2)13(12(3)8-10)9-16-17-14(18)19-15(4,5)6/h7-9H,1-6H3,(H,17,18)/b16-9-. The first kappa shape index (κ1) is 15.2. The SMILES string of the molecule is Cc1cc(C)c(/C=N\NC(=O)OC(C)(C)C)c(C)c1. The molecule has 0 aliphatic carbocycles. The number of nitrogens with one attached hydrogen (secondary N) is 1. The van der Waals surface area contributed by atoms with Crippen LogP contribution in [-0.2, 0) is 4.74 Å². The van der Waals surface area contributed by atoms with Gasteiger partial charge in [0.15, 0.2) is 0 Å². The molecule has 0 saturated carbocycles. The van der Waals surface area contributed by atoms with E-state index in [2.05, 4.69) is 29.6 Å². The van der Waals surface area contributed by atoms with Gasteiger partial charge in [-0.3, -0.25) is 0 Å². The van der Waals surface area contributed by atoms with Crippen molar-refractivity contribution in [2.75, 3.05) is 0 Å². The lowest BCUT2D eigenvalue weighted by Gasteiger charge is -2.18. The molecule has 4 heteroatoms. The molecule has 0 saturated heterocycles. The van der Waals surface area contributed by atoms with Gasteiger partial charge in [-0.15, -0.1) is 0 Å². The molecule has 0 atom stereocenters. The van der Waals surface area contributed by atoms with Crippen molar-refractivity contribution in [3.63, 3.8) is 0 Å². The molecule has 0 radical (unpaired) electrons. The van der Waals surface area contributed by atoms with Crippen LogP contribution in [0.3, 0.4) is 0 Å². The molecule has 0 aliphatic rings. The molecule has 104 valence electrons. The molecular formula is C15H22N2O2. The Bertz CT molecular complexity index is 476. The maximum absolute atomic E-state index is 11.4. The number of amides is 1. The third kappa shape index (κ3) is 5.12. The minimum absolute atomic E-state index is 0.519. The van der Waals surface area contributed by atoms with E-state index in [0.29, 0.717) is 0 Å². The lowest BCUT2D eigenvalue weighted by Crippen LogP contribution is -2.29. The molecule has 1 amide bonds. The first-order valence-corrected chi connectivity index (χ1v) is 6.29. The van der Waals surface area contributed by atoms with E-state index < -0.39 is 11.7 Å². The summed E-state index contributed by atoms with van der Waals surface area (Å²) in [5.41, 5.74) is 6.34. The van der Waals surface area contributed by atoms with E-state index in [9.17, 15) is 4.79 Å². The number of carbonyl (C=O) groups is 1. The van der Waals surface area contributed by atoms with Gasteiger partial charge in [0.25, 0.3) is 0 Å². The largest absolute Gasteiger partial charge is 0.443 e. The summed E-state index contributed by atoms with van der Waals surface area (Å²) in [6.45, 7) is 11.5. The summed E-state index contributed by atoms with van der Waals surface area (Å²) in [6.07, 6.45) is 1.10. The van der Waals surface area contributed by atoms with Crippen LogP contribution in [0, 0.1) is 20.8 Å². The molecule has 1 aromatic carbocycles. The fraction of sp³-hybridized carbons (Fsp3) is 0.467. The molecule has 0 bridgehead atoms. The van der Waals surface area contributed by atoms with Gasteiger partial charge in [-0.1, -0.05) is 17.7 Å². The highest BCUT2D eigenvalue weighted by atomic mass is 16.6. The van der Waals surface area contributed by atoms with Gasteiger partial charge in [0.05, 0.1) is 6.21 Å². The molecule has 0 unspecified atom stereocenters. The monoisotopic (exact) mass is 262 g/mol. The van der Waals surface area contributed by atoms with Crippen LogP contribution in [0.2, 0.25) is 0 Å². The molecule has 0 fully saturated rings. The predicted molar refractivity (Wildman–Crippen MR) is 77.6 cm³/mol. The predicted octanol–water partition coefficient (Wildman–Crippen LogP) is 3.47. The van der Waals surface area contributed by atoms with Crippen LogP contribution in [0.25, 0.3) is 0 Å². The smallest absolute Gasteiger partial charge is 0.428 e. The van der Waals surface area contributed by atoms with Crippen molar-refractivity contribution in [1.82, 2.24) is 5.43 Å². The fourth-order valence-electron chi connectivity index (χ4n) is 1.85. The second-order valence-corrected chi connectivity index (χ2v) is 5.68. The Labute approximate surface area is 114 Å². The molecular weight excluding hydrogens is 240 g/mol. The van der Waals surface area contributed by atoms with Crippen LogP contribution < -0.4 is 5.43 Å². The molecule has 0 heterocycles. The first-order chi connectivity index (χ1) is 8.69. The molecule has 0 aliphatic heterocycles. The van der Waals surface area contributed by atoms with Crippen LogP contribution in [0.15, 0.2) is 17.2 Å². The number of hydrazone groups is 1. The van der Waals surface area contributed by atoms with Crippen molar-refractivity contribution in [2.45, 2.75) is 47.1 Å². The number of nitrogens with zero attached hydrogens (tertiary/aromatic N) is 1. The number of rotatable bonds is 2. The van der Waals surface area contributed by atoms with E-state index in [0.717, 1.165) is 16.7 Å².